The summed E-state index contributed by atoms with van der Waals surface area (Å²) in [6.07, 6.45) is 14.0. The molecule has 0 unspecified atom stereocenters. The number of hydrogen-bond donors (Lipinski definition) is 0. The summed E-state index contributed by atoms with van der Waals surface area (Å²) in [6.45, 7) is 0. The van der Waals surface area contributed by atoms with E-state index in [0.717, 1.165) is 23.4 Å². The first-order valence-electron chi connectivity index (χ1n) is 7.81. The normalized spacial score (nSPS) is 26.8. The van der Waals surface area contributed by atoms with Crippen molar-refractivity contribution in [2.24, 2.45) is 11.8 Å². The Morgan fingerprint density at radius 1 is 1.23 bits per heavy atom. The summed E-state index contributed by atoms with van der Waals surface area (Å²) in [4.78, 5) is 8.80. The highest BCUT2D eigenvalue weighted by molar-refractivity contribution is 5.62. The maximum absolute atomic E-state index is 5.59. The molecule has 5 heteroatoms. The van der Waals surface area contributed by atoms with Crippen molar-refractivity contribution in [1.82, 2.24) is 19.5 Å². The highest BCUT2D eigenvalue weighted by Gasteiger charge is 2.36. The van der Waals surface area contributed by atoms with Crippen LogP contribution in [-0.2, 0) is 0 Å². The van der Waals surface area contributed by atoms with Crippen LogP contribution in [0, 0.1) is 11.8 Å². The number of imidazole rings is 1. The Morgan fingerprint density at radius 2 is 2.23 bits per heavy atom. The minimum absolute atomic E-state index is 0.392. The van der Waals surface area contributed by atoms with Crippen molar-refractivity contribution in [3.8, 4) is 11.4 Å². The van der Waals surface area contributed by atoms with Gasteiger partial charge in [0.2, 0.25) is 11.7 Å². The lowest BCUT2D eigenvalue weighted by Gasteiger charge is -2.35. The topological polar surface area (TPSA) is 56.2 Å². The predicted molar refractivity (Wildman–Crippen MR) is 81.2 cm³/mol. The van der Waals surface area contributed by atoms with Gasteiger partial charge in [-0.25, -0.2) is 4.98 Å². The fourth-order valence-corrected chi connectivity index (χ4v) is 3.78. The van der Waals surface area contributed by atoms with Gasteiger partial charge < -0.3 is 8.92 Å². The van der Waals surface area contributed by atoms with Crippen LogP contribution in [0.1, 0.15) is 31.1 Å². The molecule has 6 rings (SSSR count). The van der Waals surface area contributed by atoms with Gasteiger partial charge in [-0.2, -0.15) is 4.98 Å². The Labute approximate surface area is 127 Å². The first-order valence-corrected chi connectivity index (χ1v) is 7.81. The van der Waals surface area contributed by atoms with Crippen LogP contribution in [0.15, 0.2) is 47.5 Å². The van der Waals surface area contributed by atoms with E-state index in [9.17, 15) is 0 Å². The quantitative estimate of drug-likeness (QED) is 0.679. The van der Waals surface area contributed by atoms with E-state index >= 15 is 0 Å². The standard InChI is InChI=1S/C17H16N4O/c1-3-12-4-2-11(1)7-15(12)17-19-16(20-22-17)13-5-6-21-10-18-9-14(21)8-13/h1,3,5-6,8-12,15H,2,4,7H2/t11-,12+,15-/m1/s1. The molecule has 0 saturated heterocycles. The minimum Gasteiger partial charge on any atom is -0.339 e. The van der Waals surface area contributed by atoms with Gasteiger partial charge in [-0.3, -0.25) is 0 Å². The van der Waals surface area contributed by atoms with Crippen LogP contribution in [0.3, 0.4) is 0 Å². The van der Waals surface area contributed by atoms with Crippen LogP contribution in [0.4, 0.5) is 0 Å². The molecule has 3 atom stereocenters. The maximum Gasteiger partial charge on any atom is 0.230 e. The summed E-state index contributed by atoms with van der Waals surface area (Å²) >= 11 is 0. The molecule has 3 aliphatic carbocycles. The minimum atomic E-state index is 0.392. The lowest BCUT2D eigenvalue weighted by atomic mass is 9.69. The van der Waals surface area contributed by atoms with Crippen LogP contribution in [0.5, 0.6) is 0 Å². The molecule has 1 saturated carbocycles. The van der Waals surface area contributed by atoms with Gasteiger partial charge in [0.05, 0.1) is 18.0 Å². The molecule has 3 heterocycles. The Hall–Kier alpha value is -2.43. The zero-order valence-corrected chi connectivity index (χ0v) is 12.1. The summed E-state index contributed by atoms with van der Waals surface area (Å²) < 4.78 is 7.55. The van der Waals surface area contributed by atoms with Crippen molar-refractivity contribution in [3.05, 3.63) is 48.9 Å². The van der Waals surface area contributed by atoms with E-state index in [4.69, 9.17) is 4.52 Å². The summed E-state index contributed by atoms with van der Waals surface area (Å²) in [5.41, 5.74) is 2.00. The van der Waals surface area contributed by atoms with Gasteiger partial charge in [-0.05, 0) is 43.2 Å². The molecule has 0 aliphatic heterocycles. The molecular weight excluding hydrogens is 276 g/mol. The largest absolute Gasteiger partial charge is 0.339 e. The van der Waals surface area contributed by atoms with Gasteiger partial charge in [0.1, 0.15) is 0 Å². The van der Waals surface area contributed by atoms with Crippen LogP contribution < -0.4 is 0 Å². The van der Waals surface area contributed by atoms with E-state index in [1.54, 1.807) is 6.33 Å². The molecule has 22 heavy (non-hydrogen) atoms. The molecule has 3 aliphatic rings. The number of pyridine rings is 1. The van der Waals surface area contributed by atoms with Crippen molar-refractivity contribution in [2.45, 2.75) is 25.2 Å². The van der Waals surface area contributed by atoms with Gasteiger partial charge in [0.25, 0.3) is 0 Å². The molecule has 0 radical (unpaired) electrons. The summed E-state index contributed by atoms with van der Waals surface area (Å²) in [6, 6.07) is 4.03. The van der Waals surface area contributed by atoms with E-state index in [2.05, 4.69) is 27.3 Å². The van der Waals surface area contributed by atoms with Crippen molar-refractivity contribution in [2.75, 3.05) is 0 Å². The fourth-order valence-electron chi connectivity index (χ4n) is 3.78. The highest BCUT2D eigenvalue weighted by atomic mass is 16.5. The van der Waals surface area contributed by atoms with Crippen LogP contribution >= 0.6 is 0 Å². The number of nitrogens with zero attached hydrogens (tertiary/aromatic N) is 4. The lowest BCUT2D eigenvalue weighted by Crippen LogP contribution is -2.25. The van der Waals surface area contributed by atoms with Crippen LogP contribution in [0.25, 0.3) is 16.9 Å². The van der Waals surface area contributed by atoms with Gasteiger partial charge >= 0.3 is 0 Å². The smallest absolute Gasteiger partial charge is 0.230 e. The summed E-state index contributed by atoms with van der Waals surface area (Å²) in [5.74, 6) is 3.11. The maximum atomic E-state index is 5.59. The Kier molecular flexibility index (Phi) is 2.50. The van der Waals surface area contributed by atoms with E-state index in [0.29, 0.717) is 23.6 Å². The Balaban J connectivity index is 1.49. The highest BCUT2D eigenvalue weighted by Crippen LogP contribution is 2.45. The molecule has 3 aromatic heterocycles. The first-order chi connectivity index (χ1) is 10.9. The first kappa shape index (κ1) is 12.1. The summed E-state index contributed by atoms with van der Waals surface area (Å²) in [5, 5.41) is 4.20. The zero-order chi connectivity index (χ0) is 14.5. The molecule has 0 spiro atoms. The van der Waals surface area contributed by atoms with Gasteiger partial charge in [-0.15, -0.1) is 0 Å². The molecule has 5 nitrogen and oxygen atoms in total. The van der Waals surface area contributed by atoms with E-state index in [1.165, 1.54) is 12.8 Å². The molecule has 2 bridgehead atoms. The van der Waals surface area contributed by atoms with Crippen LogP contribution in [0.2, 0.25) is 0 Å². The van der Waals surface area contributed by atoms with Crippen molar-refractivity contribution < 1.29 is 4.52 Å². The van der Waals surface area contributed by atoms with Gasteiger partial charge in [0.15, 0.2) is 0 Å². The SMILES string of the molecule is C1=C[C@H]2CC[C@@H]1C[C@H]2c1nc(-c2ccn3cncc3c2)no1. The number of hydrogen-bond acceptors (Lipinski definition) is 4. The number of fused-ring (bicyclic) bond motifs is 3. The third-order valence-corrected chi connectivity index (χ3v) is 5.01. The Morgan fingerprint density at radius 3 is 3.05 bits per heavy atom. The second kappa shape index (κ2) is 4.53. The number of rotatable bonds is 2. The lowest BCUT2D eigenvalue weighted by molar-refractivity contribution is 0.232. The van der Waals surface area contributed by atoms with Crippen LogP contribution in [-0.4, -0.2) is 19.5 Å². The third kappa shape index (κ3) is 1.81. The second-order valence-corrected chi connectivity index (χ2v) is 6.33. The number of allylic oxidation sites excluding steroid dienone is 2. The second-order valence-electron chi connectivity index (χ2n) is 6.33. The average Bonchev–Trinajstić information content (AvgIpc) is 3.24. The molecule has 3 aromatic rings. The third-order valence-electron chi connectivity index (χ3n) is 5.01. The van der Waals surface area contributed by atoms with Crippen molar-refractivity contribution in [1.29, 1.82) is 0 Å². The van der Waals surface area contributed by atoms with Gasteiger partial charge in [0, 0.05) is 17.7 Å². The fraction of sp³-hybridized carbons (Fsp3) is 0.353. The molecule has 0 amide bonds. The monoisotopic (exact) mass is 292 g/mol. The Bertz CT molecular complexity index is 862. The van der Waals surface area contributed by atoms with Crippen molar-refractivity contribution in [3.63, 3.8) is 0 Å². The molecule has 0 aromatic carbocycles. The van der Waals surface area contributed by atoms with Gasteiger partial charge in [-0.1, -0.05) is 17.3 Å². The van der Waals surface area contributed by atoms with Crippen molar-refractivity contribution >= 4 is 5.52 Å². The molecule has 0 N–H and O–H groups in total. The van der Waals surface area contributed by atoms with E-state index in [-0.39, 0.29) is 0 Å². The summed E-state index contributed by atoms with van der Waals surface area (Å²) in [7, 11) is 0. The number of aromatic nitrogens is 4. The molecule has 110 valence electrons. The predicted octanol–water partition coefficient (Wildman–Crippen LogP) is 3.45. The molecular formula is C17H16N4O. The van der Waals surface area contributed by atoms with E-state index < -0.39 is 0 Å². The average molecular weight is 292 g/mol. The van der Waals surface area contributed by atoms with E-state index in [1.807, 2.05) is 28.9 Å². The zero-order valence-electron chi connectivity index (χ0n) is 12.1. The molecule has 1 fully saturated rings.